The van der Waals surface area contributed by atoms with Crippen molar-refractivity contribution in [1.82, 2.24) is 0 Å². The SMILES string of the molecule is CP(C)C.CP(C)C.[CH2]C=C.[Rh]. The van der Waals surface area contributed by atoms with Crippen LogP contribution in [-0.4, -0.2) is 40.0 Å². The van der Waals surface area contributed by atoms with Crippen molar-refractivity contribution in [1.29, 1.82) is 0 Å². The predicted octanol–water partition coefficient (Wildman–Crippen LogP) is 3.72. The molecule has 0 aliphatic rings. The van der Waals surface area contributed by atoms with E-state index in [0.717, 1.165) is 0 Å². The molecular formula is C9H23P2Rh. The monoisotopic (exact) mass is 296 g/mol. The van der Waals surface area contributed by atoms with E-state index in [4.69, 9.17) is 0 Å². The first-order valence-electron chi connectivity index (χ1n) is 3.50. The van der Waals surface area contributed by atoms with Crippen molar-refractivity contribution < 1.29 is 19.5 Å². The second-order valence-electron chi connectivity index (χ2n) is 2.97. The van der Waals surface area contributed by atoms with Crippen LogP contribution in [0, 0.1) is 6.92 Å². The maximum absolute atomic E-state index is 3.25. The molecule has 0 aromatic carbocycles. The van der Waals surface area contributed by atoms with Gasteiger partial charge in [0.25, 0.3) is 0 Å². The Hall–Kier alpha value is 1.22. The first-order chi connectivity index (χ1) is 4.88. The van der Waals surface area contributed by atoms with Gasteiger partial charge in [-0.2, -0.15) is 0 Å². The Morgan fingerprint density at radius 1 is 0.833 bits per heavy atom. The number of hydrogen-bond donors (Lipinski definition) is 0. The Morgan fingerprint density at radius 3 is 0.833 bits per heavy atom. The van der Waals surface area contributed by atoms with Crippen LogP contribution in [0.25, 0.3) is 0 Å². The van der Waals surface area contributed by atoms with Crippen molar-refractivity contribution in [2.45, 2.75) is 0 Å². The van der Waals surface area contributed by atoms with E-state index in [-0.39, 0.29) is 19.5 Å². The molecule has 0 aliphatic carbocycles. The van der Waals surface area contributed by atoms with Crippen LogP contribution < -0.4 is 0 Å². The molecule has 0 atom stereocenters. The van der Waals surface area contributed by atoms with Crippen LogP contribution in [0.15, 0.2) is 12.7 Å². The molecule has 0 aliphatic heterocycles. The fraction of sp³-hybridized carbons (Fsp3) is 0.667. The van der Waals surface area contributed by atoms with Gasteiger partial charge in [-0.15, -0.1) is 22.4 Å². The molecule has 0 amide bonds. The van der Waals surface area contributed by atoms with Crippen molar-refractivity contribution in [3.8, 4) is 0 Å². The van der Waals surface area contributed by atoms with E-state index in [1.807, 2.05) is 0 Å². The van der Waals surface area contributed by atoms with Crippen LogP contribution >= 0.6 is 15.8 Å². The zero-order valence-corrected chi connectivity index (χ0v) is 12.6. The first-order valence-corrected chi connectivity index (χ1v) is 8.87. The van der Waals surface area contributed by atoms with Gasteiger partial charge in [0.15, 0.2) is 0 Å². The van der Waals surface area contributed by atoms with E-state index >= 15 is 0 Å². The van der Waals surface area contributed by atoms with E-state index in [2.05, 4.69) is 53.5 Å². The van der Waals surface area contributed by atoms with Crippen LogP contribution in [0.5, 0.6) is 0 Å². The van der Waals surface area contributed by atoms with Gasteiger partial charge in [-0.25, -0.2) is 0 Å². The van der Waals surface area contributed by atoms with Crippen LogP contribution in [-0.2, 0) is 19.5 Å². The zero-order valence-electron chi connectivity index (χ0n) is 9.22. The third-order valence-electron chi connectivity index (χ3n) is 0. The molecule has 0 unspecified atom stereocenters. The largest absolute Gasteiger partial charge is 0.116 e. The average molecular weight is 296 g/mol. The van der Waals surface area contributed by atoms with Crippen LogP contribution in [0.2, 0.25) is 0 Å². The average Bonchev–Trinajstić information content (AvgIpc) is 1.60. The summed E-state index contributed by atoms with van der Waals surface area (Å²) in [5.41, 5.74) is 0. The van der Waals surface area contributed by atoms with Gasteiger partial charge in [0.1, 0.15) is 0 Å². The molecule has 0 aromatic rings. The minimum absolute atomic E-state index is 0. The van der Waals surface area contributed by atoms with Crippen molar-refractivity contribution in [2.24, 2.45) is 0 Å². The number of hydrogen-bond acceptors (Lipinski definition) is 0. The zero-order chi connectivity index (χ0) is 9.86. The van der Waals surface area contributed by atoms with E-state index in [9.17, 15) is 0 Å². The van der Waals surface area contributed by atoms with Crippen LogP contribution in [0.3, 0.4) is 0 Å². The molecule has 3 heteroatoms. The third kappa shape index (κ3) is 784. The molecule has 2 radical (unpaired) electrons. The molecule has 0 heterocycles. The molecule has 0 nitrogen and oxygen atoms in total. The van der Waals surface area contributed by atoms with Crippen molar-refractivity contribution in [3.63, 3.8) is 0 Å². The summed E-state index contributed by atoms with van der Waals surface area (Å²) in [6, 6.07) is 0. The summed E-state index contributed by atoms with van der Waals surface area (Å²) in [6.45, 7) is 19.9. The van der Waals surface area contributed by atoms with Crippen molar-refractivity contribution in [3.05, 3.63) is 19.6 Å². The fourth-order valence-corrected chi connectivity index (χ4v) is 0. The third-order valence-corrected chi connectivity index (χ3v) is 0. The normalized spacial score (nSPS) is 7.08. The molecule has 0 aromatic heterocycles. The topological polar surface area (TPSA) is 0 Å². The number of rotatable bonds is 0. The van der Waals surface area contributed by atoms with Gasteiger partial charge in [0, 0.05) is 19.5 Å². The van der Waals surface area contributed by atoms with E-state index in [1.54, 1.807) is 0 Å². The molecule has 0 saturated carbocycles. The Labute approximate surface area is 94.9 Å². The Balaban J connectivity index is -0.0000000389. The summed E-state index contributed by atoms with van der Waals surface area (Å²) in [6.07, 6.45) is 1.50. The summed E-state index contributed by atoms with van der Waals surface area (Å²) >= 11 is 0. The Morgan fingerprint density at radius 2 is 0.833 bits per heavy atom. The molecule has 0 bridgehead atoms. The minimum Gasteiger partial charge on any atom is -0.116 e. The molecule has 78 valence electrons. The standard InChI is InChI=1S/2C3H9P.C3H5.Rh/c2*1-4(2)3;1-3-2;/h2*1-3H3;3H,1-2H2;. The van der Waals surface area contributed by atoms with Gasteiger partial charge >= 0.3 is 0 Å². The predicted molar refractivity (Wildman–Crippen MR) is 64.9 cm³/mol. The smallest absolute Gasteiger partial charge is 0 e. The van der Waals surface area contributed by atoms with Gasteiger partial charge < -0.3 is 0 Å². The maximum atomic E-state index is 3.25. The summed E-state index contributed by atoms with van der Waals surface area (Å²) in [7, 11) is 0.759. The van der Waals surface area contributed by atoms with Gasteiger partial charge in [0.2, 0.25) is 0 Å². The van der Waals surface area contributed by atoms with Crippen LogP contribution in [0.1, 0.15) is 0 Å². The minimum atomic E-state index is 0. The van der Waals surface area contributed by atoms with Gasteiger partial charge in [-0.1, -0.05) is 6.08 Å². The number of allylic oxidation sites excluding steroid dienone is 1. The second kappa shape index (κ2) is 22.8. The quantitative estimate of drug-likeness (QED) is 0.472. The fourth-order valence-electron chi connectivity index (χ4n) is 0. The van der Waals surface area contributed by atoms with Crippen molar-refractivity contribution in [2.75, 3.05) is 40.0 Å². The maximum Gasteiger partial charge on any atom is 0 e. The Kier molecular flexibility index (Phi) is 44.1. The first kappa shape index (κ1) is 23.2. The molecule has 0 rings (SSSR count). The molecule has 12 heavy (non-hydrogen) atoms. The molecule has 0 saturated heterocycles. The van der Waals surface area contributed by atoms with E-state index in [1.165, 1.54) is 6.08 Å². The van der Waals surface area contributed by atoms with E-state index in [0.29, 0.717) is 15.8 Å². The molecule has 0 N–H and O–H groups in total. The molecule has 0 spiro atoms. The van der Waals surface area contributed by atoms with Gasteiger partial charge in [-0.05, 0) is 46.9 Å². The summed E-state index contributed by atoms with van der Waals surface area (Å²) in [5, 5.41) is 0. The second-order valence-corrected chi connectivity index (χ2v) is 8.34. The van der Waals surface area contributed by atoms with Crippen LogP contribution in [0.4, 0.5) is 0 Å². The Bertz CT molecular complexity index is 52.0. The molecular weight excluding hydrogens is 273 g/mol. The van der Waals surface area contributed by atoms with Gasteiger partial charge in [-0.3, -0.25) is 0 Å². The van der Waals surface area contributed by atoms with E-state index < -0.39 is 0 Å². The summed E-state index contributed by atoms with van der Waals surface area (Å²) < 4.78 is 0. The van der Waals surface area contributed by atoms with Gasteiger partial charge in [0.05, 0.1) is 0 Å². The summed E-state index contributed by atoms with van der Waals surface area (Å²) in [5.74, 6) is 0. The molecule has 0 fully saturated rings. The summed E-state index contributed by atoms with van der Waals surface area (Å²) in [4.78, 5) is 0. The van der Waals surface area contributed by atoms with Crippen molar-refractivity contribution >= 4 is 15.8 Å².